The van der Waals surface area contributed by atoms with Crippen molar-refractivity contribution in [3.05, 3.63) is 94.7 Å². The van der Waals surface area contributed by atoms with Gasteiger partial charge in [-0.2, -0.15) is 0 Å². The van der Waals surface area contributed by atoms with E-state index >= 15 is 0 Å². The van der Waals surface area contributed by atoms with Crippen LogP contribution in [0.4, 0.5) is 14.9 Å². The number of nitrogens with zero attached hydrogens (tertiary/aromatic N) is 1. The van der Waals surface area contributed by atoms with Gasteiger partial charge in [0.05, 0.1) is 17.7 Å². The van der Waals surface area contributed by atoms with E-state index in [4.69, 9.17) is 16.3 Å². The van der Waals surface area contributed by atoms with E-state index in [-0.39, 0.29) is 10.6 Å². The number of nitrogens with one attached hydrogen (secondary N) is 1. The van der Waals surface area contributed by atoms with Gasteiger partial charge in [-0.25, -0.2) is 4.39 Å². The summed E-state index contributed by atoms with van der Waals surface area (Å²) < 4.78 is 21.4. The molecule has 0 atom stereocenters. The molecule has 1 fully saturated rings. The summed E-state index contributed by atoms with van der Waals surface area (Å²) in [6.07, 6.45) is 1.60. The molecule has 1 saturated heterocycles. The van der Waals surface area contributed by atoms with Crippen LogP contribution in [-0.4, -0.2) is 28.5 Å². The number of carbonyl (C=O) groups excluding carboxylic acids is 3. The van der Waals surface area contributed by atoms with Crippen LogP contribution < -0.4 is 10.1 Å². The van der Waals surface area contributed by atoms with Gasteiger partial charge in [0.2, 0.25) is 5.91 Å². The Morgan fingerprint density at radius 2 is 1.75 bits per heavy atom. The molecule has 36 heavy (non-hydrogen) atoms. The predicted octanol–water partition coefficient (Wildman–Crippen LogP) is 6.94. The molecular weight excluding hydrogens is 733 g/mol. The Bertz CT molecular complexity index is 1360. The summed E-state index contributed by atoms with van der Waals surface area (Å²) in [4.78, 5) is 38.6. The smallest absolute Gasteiger partial charge is 0.294 e. The van der Waals surface area contributed by atoms with E-state index in [2.05, 4.69) is 50.5 Å². The van der Waals surface area contributed by atoms with Crippen LogP contribution in [0.1, 0.15) is 11.1 Å². The van der Waals surface area contributed by atoms with Gasteiger partial charge in [-0.05, 0) is 111 Å². The van der Waals surface area contributed by atoms with Gasteiger partial charge in [0.15, 0.2) is 0 Å². The molecule has 0 bridgehead atoms. The second-order valence-corrected chi connectivity index (χ2v) is 11.3. The van der Waals surface area contributed by atoms with Crippen LogP contribution >= 0.6 is 68.5 Å². The molecule has 0 spiro atoms. The van der Waals surface area contributed by atoms with E-state index in [9.17, 15) is 18.8 Å². The number of ether oxygens (including phenoxy) is 1. The minimum atomic E-state index is -0.671. The van der Waals surface area contributed by atoms with Crippen molar-refractivity contribution in [2.75, 3.05) is 11.9 Å². The molecule has 0 aromatic heterocycles. The zero-order valence-corrected chi connectivity index (χ0v) is 24.2. The maximum Gasteiger partial charge on any atom is 0.294 e. The highest BCUT2D eigenvalue weighted by Crippen LogP contribution is 2.35. The Morgan fingerprint density at radius 1 is 1.08 bits per heavy atom. The van der Waals surface area contributed by atoms with Crippen LogP contribution in [-0.2, 0) is 16.2 Å². The summed E-state index contributed by atoms with van der Waals surface area (Å²) >= 11 is 11.0. The lowest BCUT2D eigenvalue weighted by molar-refractivity contribution is -0.127. The number of amides is 3. The first-order valence-corrected chi connectivity index (χ1v) is 13.7. The quantitative estimate of drug-likeness (QED) is 0.210. The van der Waals surface area contributed by atoms with E-state index in [1.165, 1.54) is 18.2 Å². The maximum atomic E-state index is 13.8. The van der Waals surface area contributed by atoms with E-state index in [0.29, 0.717) is 22.9 Å². The number of carbonyl (C=O) groups is 3. The van der Waals surface area contributed by atoms with Crippen molar-refractivity contribution in [1.82, 2.24) is 4.90 Å². The van der Waals surface area contributed by atoms with Crippen molar-refractivity contribution in [1.29, 1.82) is 0 Å². The molecule has 0 radical (unpaired) electrons. The highest BCUT2D eigenvalue weighted by atomic mass is 127. The zero-order valence-electron chi connectivity index (χ0n) is 18.3. The lowest BCUT2D eigenvalue weighted by Crippen LogP contribution is -2.36. The van der Waals surface area contributed by atoms with Crippen molar-refractivity contribution in [3.63, 3.8) is 0 Å². The van der Waals surface area contributed by atoms with Gasteiger partial charge >= 0.3 is 0 Å². The van der Waals surface area contributed by atoms with E-state index in [1.807, 2.05) is 24.3 Å². The van der Waals surface area contributed by atoms with Gasteiger partial charge in [0.25, 0.3) is 11.1 Å². The number of halogens is 4. The summed E-state index contributed by atoms with van der Waals surface area (Å²) in [5.41, 5.74) is 1.67. The highest BCUT2D eigenvalue weighted by molar-refractivity contribution is 14.1. The molecule has 6 nitrogen and oxygen atoms in total. The molecule has 1 aliphatic rings. The molecule has 184 valence electrons. The Balaban J connectivity index is 1.44. The van der Waals surface area contributed by atoms with Crippen LogP contribution in [0.25, 0.3) is 6.08 Å². The Labute approximate surface area is 242 Å². The van der Waals surface area contributed by atoms with E-state index in [0.717, 1.165) is 29.4 Å². The summed E-state index contributed by atoms with van der Waals surface area (Å²) in [7, 11) is 0. The summed E-state index contributed by atoms with van der Waals surface area (Å²) in [6, 6.07) is 16.7. The Hall–Kier alpha value is -2.16. The number of benzene rings is 3. The topological polar surface area (TPSA) is 75.7 Å². The third kappa shape index (κ3) is 6.58. The van der Waals surface area contributed by atoms with Crippen LogP contribution in [0.2, 0.25) is 5.02 Å². The molecule has 0 unspecified atom stereocenters. The third-order valence-corrected chi connectivity index (χ3v) is 7.70. The van der Waals surface area contributed by atoms with Gasteiger partial charge < -0.3 is 10.1 Å². The van der Waals surface area contributed by atoms with Crippen molar-refractivity contribution < 1.29 is 23.5 Å². The minimum Gasteiger partial charge on any atom is -0.487 e. The molecule has 1 aliphatic heterocycles. The molecule has 3 aromatic rings. The largest absolute Gasteiger partial charge is 0.487 e. The molecule has 1 N–H and O–H groups in total. The summed E-state index contributed by atoms with van der Waals surface area (Å²) in [5.74, 6) is -1.15. The number of thioether (sulfide) groups is 1. The first kappa shape index (κ1) is 26.9. The number of para-hydroxylation sites is 1. The first-order valence-electron chi connectivity index (χ1n) is 10.4. The van der Waals surface area contributed by atoms with Gasteiger partial charge in [-0.1, -0.05) is 35.9 Å². The van der Waals surface area contributed by atoms with Crippen LogP contribution in [0.5, 0.6) is 5.75 Å². The van der Waals surface area contributed by atoms with Crippen LogP contribution in [0, 0.1) is 13.0 Å². The Kier molecular flexibility index (Phi) is 8.91. The first-order chi connectivity index (χ1) is 17.2. The van der Waals surface area contributed by atoms with Crippen molar-refractivity contribution in [2.24, 2.45) is 0 Å². The second-order valence-electron chi connectivity index (χ2n) is 7.52. The summed E-state index contributed by atoms with van der Waals surface area (Å²) in [5, 5.41) is 2.47. The second kappa shape index (κ2) is 11.9. The average Bonchev–Trinajstić information content (AvgIpc) is 3.08. The molecule has 11 heteroatoms. The number of rotatable bonds is 7. The summed E-state index contributed by atoms with van der Waals surface area (Å²) in [6.45, 7) is -0.140. The molecule has 0 aliphatic carbocycles. The maximum absolute atomic E-state index is 13.8. The van der Waals surface area contributed by atoms with E-state index in [1.54, 1.807) is 24.3 Å². The van der Waals surface area contributed by atoms with Crippen molar-refractivity contribution in [3.8, 4) is 5.75 Å². The fourth-order valence-electron chi connectivity index (χ4n) is 3.22. The predicted molar refractivity (Wildman–Crippen MR) is 155 cm³/mol. The SMILES string of the molecule is O=C(CN1C(=O)S/C(=C\c2cc(I)c(OCc3ccc(Cl)cc3)c(I)c2)C1=O)Nc1ccccc1F. The standard InChI is InChI=1S/C25H16ClFI2N2O4S/c26-16-7-5-14(6-8-16)13-35-23-18(28)9-15(10-19(23)29)11-21-24(33)31(25(34)36-21)12-22(32)30-20-4-2-1-3-17(20)27/h1-11H,12-13H2,(H,30,32)/b21-11-. The Morgan fingerprint density at radius 3 is 2.42 bits per heavy atom. The fraction of sp³-hybridized carbons (Fsp3) is 0.0800. The molecule has 1 heterocycles. The van der Waals surface area contributed by atoms with Gasteiger partial charge in [0.1, 0.15) is 24.7 Å². The number of hydrogen-bond acceptors (Lipinski definition) is 5. The normalized spacial score (nSPS) is 14.4. The highest BCUT2D eigenvalue weighted by Gasteiger charge is 2.36. The molecule has 3 aromatic carbocycles. The van der Waals surface area contributed by atoms with Crippen LogP contribution in [0.15, 0.2) is 65.6 Å². The molecule has 4 rings (SSSR count). The van der Waals surface area contributed by atoms with Gasteiger partial charge in [-0.15, -0.1) is 0 Å². The van der Waals surface area contributed by atoms with Gasteiger partial charge in [-0.3, -0.25) is 19.3 Å². The van der Waals surface area contributed by atoms with Crippen LogP contribution in [0.3, 0.4) is 0 Å². The fourth-order valence-corrected chi connectivity index (χ4v) is 6.31. The van der Waals surface area contributed by atoms with E-state index < -0.39 is 29.4 Å². The van der Waals surface area contributed by atoms with Crippen molar-refractivity contribution in [2.45, 2.75) is 6.61 Å². The number of hydrogen-bond donors (Lipinski definition) is 1. The number of anilines is 1. The molecule has 3 amide bonds. The zero-order chi connectivity index (χ0) is 25.8. The number of imide groups is 1. The lowest BCUT2D eigenvalue weighted by Gasteiger charge is -2.13. The monoisotopic (exact) mass is 748 g/mol. The molecule has 0 saturated carbocycles. The minimum absolute atomic E-state index is 0.0208. The lowest BCUT2D eigenvalue weighted by atomic mass is 10.2. The molecular formula is C25H16ClFI2N2O4S. The van der Waals surface area contributed by atoms with Crippen molar-refractivity contribution >= 4 is 97.4 Å². The van der Waals surface area contributed by atoms with Gasteiger partial charge in [0, 0.05) is 5.02 Å². The average molecular weight is 749 g/mol. The third-order valence-electron chi connectivity index (χ3n) is 4.94.